The van der Waals surface area contributed by atoms with Gasteiger partial charge in [-0.25, -0.2) is 0 Å². The minimum absolute atomic E-state index is 0.253. The van der Waals surface area contributed by atoms with E-state index in [-0.39, 0.29) is 6.61 Å². The van der Waals surface area contributed by atoms with E-state index in [1.807, 2.05) is 0 Å². The Kier molecular flexibility index (Phi) is 5.37. The van der Waals surface area contributed by atoms with E-state index in [1.54, 1.807) is 0 Å². The summed E-state index contributed by atoms with van der Waals surface area (Å²) in [6.45, 7) is 10.3. The number of benzene rings is 1. The van der Waals surface area contributed by atoms with Crippen molar-refractivity contribution in [2.45, 2.75) is 45.6 Å². The predicted molar refractivity (Wildman–Crippen MR) is 77.4 cm³/mol. The van der Waals surface area contributed by atoms with Crippen molar-refractivity contribution in [2.24, 2.45) is 0 Å². The maximum atomic E-state index is 8.82. The molecule has 0 amide bonds. The smallest absolute Gasteiger partial charge is 0.0775 e. The van der Waals surface area contributed by atoms with Crippen molar-refractivity contribution in [1.82, 2.24) is 5.32 Å². The third-order valence-corrected chi connectivity index (χ3v) is 5.10. The molecule has 96 valence electrons. The SMILES string of the molecule is CC(CCO)NCc1ccc([Si](C)(C)C)cc1. The first-order valence-corrected chi connectivity index (χ1v) is 9.87. The molecule has 0 aromatic heterocycles. The van der Waals surface area contributed by atoms with Crippen molar-refractivity contribution in [3.63, 3.8) is 0 Å². The average Bonchev–Trinajstić information content (AvgIpc) is 2.26. The predicted octanol–water partition coefficient (Wildman–Crippen LogP) is 2.09. The summed E-state index contributed by atoms with van der Waals surface area (Å²) in [6, 6.07) is 9.33. The summed E-state index contributed by atoms with van der Waals surface area (Å²) in [5.74, 6) is 0. The zero-order valence-electron chi connectivity index (χ0n) is 11.5. The molecule has 0 fully saturated rings. The standard InChI is InChI=1S/C14H25NOSi/c1-12(9-10-16)15-11-13-5-7-14(8-6-13)17(2,3)4/h5-8,12,15-16H,9-11H2,1-4H3. The fraction of sp³-hybridized carbons (Fsp3) is 0.571. The molecule has 1 atom stereocenters. The largest absolute Gasteiger partial charge is 0.396 e. The van der Waals surface area contributed by atoms with Gasteiger partial charge in [-0.1, -0.05) is 49.1 Å². The van der Waals surface area contributed by atoms with Crippen LogP contribution < -0.4 is 10.5 Å². The van der Waals surface area contributed by atoms with Crippen LogP contribution in [-0.2, 0) is 6.54 Å². The summed E-state index contributed by atoms with van der Waals surface area (Å²) in [7, 11) is -1.17. The maximum absolute atomic E-state index is 8.82. The normalized spacial score (nSPS) is 13.7. The Balaban J connectivity index is 2.51. The highest BCUT2D eigenvalue weighted by atomic mass is 28.3. The topological polar surface area (TPSA) is 32.3 Å². The quantitative estimate of drug-likeness (QED) is 0.759. The van der Waals surface area contributed by atoms with Crippen LogP contribution in [0.15, 0.2) is 24.3 Å². The maximum Gasteiger partial charge on any atom is 0.0775 e. The molecular formula is C14H25NOSi. The van der Waals surface area contributed by atoms with E-state index < -0.39 is 8.07 Å². The van der Waals surface area contributed by atoms with E-state index in [0.29, 0.717) is 6.04 Å². The Bertz CT molecular complexity index is 329. The Morgan fingerprint density at radius 3 is 2.24 bits per heavy atom. The van der Waals surface area contributed by atoms with E-state index in [2.05, 4.69) is 56.1 Å². The average molecular weight is 251 g/mol. The lowest BCUT2D eigenvalue weighted by atomic mass is 10.2. The minimum atomic E-state index is -1.17. The van der Waals surface area contributed by atoms with Crippen LogP contribution in [0, 0.1) is 0 Å². The lowest BCUT2D eigenvalue weighted by molar-refractivity contribution is 0.268. The van der Waals surface area contributed by atoms with Crippen LogP contribution in [0.3, 0.4) is 0 Å². The van der Waals surface area contributed by atoms with Crippen LogP contribution in [0.1, 0.15) is 18.9 Å². The van der Waals surface area contributed by atoms with Crippen molar-refractivity contribution in [3.8, 4) is 0 Å². The van der Waals surface area contributed by atoms with E-state index >= 15 is 0 Å². The molecule has 0 saturated carbocycles. The van der Waals surface area contributed by atoms with Crippen molar-refractivity contribution >= 4 is 13.3 Å². The monoisotopic (exact) mass is 251 g/mol. The van der Waals surface area contributed by atoms with Crippen molar-refractivity contribution in [1.29, 1.82) is 0 Å². The molecular weight excluding hydrogens is 226 g/mol. The molecule has 1 rings (SSSR count). The highest BCUT2D eigenvalue weighted by molar-refractivity contribution is 6.88. The molecule has 0 radical (unpaired) electrons. The van der Waals surface area contributed by atoms with Gasteiger partial charge in [0.15, 0.2) is 0 Å². The third kappa shape index (κ3) is 5.02. The van der Waals surface area contributed by atoms with Crippen LogP contribution in [-0.4, -0.2) is 25.8 Å². The van der Waals surface area contributed by atoms with Crippen LogP contribution in [0.5, 0.6) is 0 Å². The molecule has 17 heavy (non-hydrogen) atoms. The lowest BCUT2D eigenvalue weighted by Crippen LogP contribution is -2.37. The summed E-state index contributed by atoms with van der Waals surface area (Å²) < 4.78 is 0. The Morgan fingerprint density at radius 1 is 1.18 bits per heavy atom. The van der Waals surface area contributed by atoms with Gasteiger partial charge < -0.3 is 10.4 Å². The summed E-state index contributed by atoms with van der Waals surface area (Å²) in [5, 5.41) is 13.7. The highest BCUT2D eigenvalue weighted by Crippen LogP contribution is 2.05. The first-order chi connectivity index (χ1) is 7.93. The number of aliphatic hydroxyl groups is 1. The van der Waals surface area contributed by atoms with Gasteiger partial charge in [0.2, 0.25) is 0 Å². The second-order valence-electron chi connectivity index (χ2n) is 5.74. The van der Waals surface area contributed by atoms with Crippen LogP contribution in [0.2, 0.25) is 19.6 Å². The molecule has 2 N–H and O–H groups in total. The van der Waals surface area contributed by atoms with Crippen molar-refractivity contribution in [3.05, 3.63) is 29.8 Å². The summed E-state index contributed by atoms with van der Waals surface area (Å²) in [5.41, 5.74) is 1.32. The number of nitrogens with one attached hydrogen (secondary N) is 1. The van der Waals surface area contributed by atoms with Gasteiger partial charge in [0.25, 0.3) is 0 Å². The fourth-order valence-corrected chi connectivity index (χ4v) is 2.88. The molecule has 0 spiro atoms. The first kappa shape index (κ1) is 14.4. The zero-order chi connectivity index (χ0) is 12.9. The van der Waals surface area contributed by atoms with E-state index in [9.17, 15) is 0 Å². The first-order valence-electron chi connectivity index (χ1n) is 6.37. The molecule has 1 aromatic carbocycles. The number of rotatable bonds is 6. The molecule has 0 bridgehead atoms. The third-order valence-electron chi connectivity index (χ3n) is 3.04. The number of aliphatic hydroxyl groups excluding tert-OH is 1. The van der Waals surface area contributed by atoms with E-state index in [1.165, 1.54) is 10.8 Å². The van der Waals surface area contributed by atoms with E-state index in [4.69, 9.17) is 5.11 Å². The van der Waals surface area contributed by atoms with Gasteiger partial charge in [-0.15, -0.1) is 0 Å². The molecule has 0 aliphatic carbocycles. The van der Waals surface area contributed by atoms with Gasteiger partial charge in [0.05, 0.1) is 8.07 Å². The summed E-state index contributed by atoms with van der Waals surface area (Å²) in [6.07, 6.45) is 0.812. The van der Waals surface area contributed by atoms with Crippen molar-refractivity contribution < 1.29 is 5.11 Å². The lowest BCUT2D eigenvalue weighted by Gasteiger charge is -2.17. The fourth-order valence-electron chi connectivity index (χ4n) is 1.71. The van der Waals surface area contributed by atoms with Gasteiger partial charge in [0.1, 0.15) is 0 Å². The molecule has 0 heterocycles. The molecule has 0 aliphatic rings. The van der Waals surface area contributed by atoms with Crippen LogP contribution in [0.25, 0.3) is 0 Å². The molecule has 0 saturated heterocycles. The number of hydrogen-bond acceptors (Lipinski definition) is 2. The second-order valence-corrected chi connectivity index (χ2v) is 10.8. The van der Waals surface area contributed by atoms with E-state index in [0.717, 1.165) is 13.0 Å². The Hall–Kier alpha value is -0.643. The minimum Gasteiger partial charge on any atom is -0.396 e. The van der Waals surface area contributed by atoms with Crippen LogP contribution in [0.4, 0.5) is 0 Å². The van der Waals surface area contributed by atoms with Gasteiger partial charge in [-0.2, -0.15) is 0 Å². The van der Waals surface area contributed by atoms with Gasteiger partial charge in [-0.05, 0) is 18.9 Å². The summed E-state index contributed by atoms with van der Waals surface area (Å²) >= 11 is 0. The second kappa shape index (κ2) is 6.33. The molecule has 0 aliphatic heterocycles. The van der Waals surface area contributed by atoms with Crippen LogP contribution >= 0.6 is 0 Å². The Labute approximate surface area is 106 Å². The highest BCUT2D eigenvalue weighted by Gasteiger charge is 2.15. The molecule has 1 aromatic rings. The zero-order valence-corrected chi connectivity index (χ0v) is 12.5. The molecule has 2 nitrogen and oxygen atoms in total. The Morgan fingerprint density at radius 2 is 1.76 bits per heavy atom. The molecule has 3 heteroatoms. The van der Waals surface area contributed by atoms with Gasteiger partial charge >= 0.3 is 0 Å². The summed E-state index contributed by atoms with van der Waals surface area (Å²) in [4.78, 5) is 0. The van der Waals surface area contributed by atoms with Crippen molar-refractivity contribution in [2.75, 3.05) is 6.61 Å². The van der Waals surface area contributed by atoms with Gasteiger partial charge in [0, 0.05) is 19.2 Å². The molecule has 1 unspecified atom stereocenters. The van der Waals surface area contributed by atoms with Gasteiger partial charge in [-0.3, -0.25) is 0 Å². The number of hydrogen-bond donors (Lipinski definition) is 2.